The standard InChI is InChI=1S/C16H21F2N3O3/c17-16(18)4-1-2-12(6-16)13(8-22)20-15(23)14-3-5-19-21(14)7-11-9-24-10-11/h3,5,8,11-13H,1-2,4,6-7,9-10H2,(H,20,23). The van der Waals surface area contributed by atoms with Crippen molar-refractivity contribution in [3.8, 4) is 0 Å². The van der Waals surface area contributed by atoms with Crippen LogP contribution >= 0.6 is 0 Å². The number of carbonyl (C=O) groups excluding carboxylic acids is 2. The van der Waals surface area contributed by atoms with E-state index in [1.807, 2.05) is 0 Å². The second-order valence-corrected chi connectivity index (χ2v) is 6.65. The van der Waals surface area contributed by atoms with Gasteiger partial charge in [-0.05, 0) is 24.8 Å². The molecule has 1 aromatic heterocycles. The fourth-order valence-corrected chi connectivity index (χ4v) is 3.31. The molecule has 0 aromatic carbocycles. The summed E-state index contributed by atoms with van der Waals surface area (Å²) >= 11 is 0. The molecule has 2 atom stereocenters. The van der Waals surface area contributed by atoms with Crippen LogP contribution in [0.1, 0.15) is 36.2 Å². The van der Waals surface area contributed by atoms with Gasteiger partial charge >= 0.3 is 0 Å². The summed E-state index contributed by atoms with van der Waals surface area (Å²) in [6.45, 7) is 1.83. The Morgan fingerprint density at radius 1 is 1.54 bits per heavy atom. The topological polar surface area (TPSA) is 73.2 Å². The van der Waals surface area contributed by atoms with Crippen LogP contribution in [-0.2, 0) is 16.1 Å². The second kappa shape index (κ2) is 6.96. The van der Waals surface area contributed by atoms with E-state index < -0.39 is 23.8 Å². The Labute approximate surface area is 138 Å². The first-order valence-electron chi connectivity index (χ1n) is 8.22. The molecule has 1 aliphatic carbocycles. The molecule has 2 fully saturated rings. The first-order chi connectivity index (χ1) is 11.5. The number of aromatic nitrogens is 2. The van der Waals surface area contributed by atoms with Crippen molar-refractivity contribution in [1.29, 1.82) is 0 Å². The quantitative estimate of drug-likeness (QED) is 0.799. The largest absolute Gasteiger partial charge is 0.381 e. The first-order valence-corrected chi connectivity index (χ1v) is 8.22. The Hall–Kier alpha value is -1.83. The molecule has 1 amide bonds. The summed E-state index contributed by atoms with van der Waals surface area (Å²) < 4.78 is 33.8. The molecule has 6 nitrogen and oxygen atoms in total. The van der Waals surface area contributed by atoms with Crippen molar-refractivity contribution in [2.45, 2.75) is 44.2 Å². The van der Waals surface area contributed by atoms with E-state index >= 15 is 0 Å². The fourth-order valence-electron chi connectivity index (χ4n) is 3.31. The van der Waals surface area contributed by atoms with E-state index in [9.17, 15) is 18.4 Å². The minimum absolute atomic E-state index is 0.154. The van der Waals surface area contributed by atoms with Crippen LogP contribution in [0.4, 0.5) is 8.78 Å². The molecule has 1 N–H and O–H groups in total. The van der Waals surface area contributed by atoms with Crippen LogP contribution in [0.5, 0.6) is 0 Å². The lowest BCUT2D eigenvalue weighted by atomic mass is 9.82. The van der Waals surface area contributed by atoms with E-state index in [1.165, 1.54) is 6.20 Å². The van der Waals surface area contributed by atoms with Gasteiger partial charge in [0.1, 0.15) is 12.0 Å². The minimum atomic E-state index is -2.76. The van der Waals surface area contributed by atoms with Gasteiger partial charge in [-0.15, -0.1) is 0 Å². The number of ether oxygens (including phenoxy) is 1. The van der Waals surface area contributed by atoms with Crippen molar-refractivity contribution in [2.24, 2.45) is 11.8 Å². The molecule has 2 unspecified atom stereocenters. The highest BCUT2D eigenvalue weighted by molar-refractivity contribution is 5.94. The van der Waals surface area contributed by atoms with Gasteiger partial charge in [0.25, 0.3) is 5.91 Å². The third-order valence-corrected chi connectivity index (χ3v) is 4.72. The maximum atomic E-state index is 13.6. The van der Waals surface area contributed by atoms with E-state index in [0.29, 0.717) is 50.5 Å². The molecule has 0 radical (unpaired) electrons. The monoisotopic (exact) mass is 341 g/mol. The highest BCUT2D eigenvalue weighted by atomic mass is 19.3. The zero-order chi connectivity index (χ0) is 17.2. The molecule has 24 heavy (non-hydrogen) atoms. The molecule has 1 aliphatic heterocycles. The number of halogens is 2. The van der Waals surface area contributed by atoms with E-state index in [-0.39, 0.29) is 12.8 Å². The smallest absolute Gasteiger partial charge is 0.270 e. The van der Waals surface area contributed by atoms with Crippen LogP contribution in [0.3, 0.4) is 0 Å². The van der Waals surface area contributed by atoms with Crippen molar-refractivity contribution in [1.82, 2.24) is 15.1 Å². The molecule has 1 saturated heterocycles. The van der Waals surface area contributed by atoms with E-state index in [0.717, 1.165) is 0 Å². The van der Waals surface area contributed by atoms with Crippen LogP contribution < -0.4 is 5.32 Å². The van der Waals surface area contributed by atoms with Gasteiger partial charge < -0.3 is 14.8 Å². The van der Waals surface area contributed by atoms with E-state index in [2.05, 4.69) is 10.4 Å². The Kier molecular flexibility index (Phi) is 4.93. The molecule has 2 heterocycles. The van der Waals surface area contributed by atoms with Crippen molar-refractivity contribution in [2.75, 3.05) is 13.2 Å². The summed E-state index contributed by atoms with van der Waals surface area (Å²) in [5.74, 6) is -3.44. The van der Waals surface area contributed by atoms with Crippen molar-refractivity contribution >= 4 is 12.2 Å². The zero-order valence-corrected chi connectivity index (χ0v) is 13.3. The average molecular weight is 341 g/mol. The second-order valence-electron chi connectivity index (χ2n) is 6.65. The lowest BCUT2D eigenvalue weighted by Crippen LogP contribution is -2.45. The first kappa shape index (κ1) is 17.0. The van der Waals surface area contributed by atoms with Crippen LogP contribution in [0.25, 0.3) is 0 Å². The van der Waals surface area contributed by atoms with Crippen molar-refractivity contribution in [3.05, 3.63) is 18.0 Å². The van der Waals surface area contributed by atoms with Gasteiger partial charge in [-0.25, -0.2) is 8.78 Å². The third-order valence-electron chi connectivity index (χ3n) is 4.72. The Balaban J connectivity index is 1.64. The van der Waals surface area contributed by atoms with Gasteiger partial charge in [0.15, 0.2) is 0 Å². The minimum Gasteiger partial charge on any atom is -0.381 e. The number of rotatable bonds is 6. The molecular formula is C16H21F2N3O3. The summed E-state index contributed by atoms with van der Waals surface area (Å²) in [6.07, 6.45) is 2.42. The number of alkyl halides is 2. The summed E-state index contributed by atoms with van der Waals surface area (Å²) in [6, 6.07) is 0.658. The molecule has 1 aromatic rings. The van der Waals surface area contributed by atoms with Gasteiger partial charge in [0, 0.05) is 31.5 Å². The van der Waals surface area contributed by atoms with Crippen LogP contribution in [0.15, 0.2) is 12.3 Å². The fraction of sp³-hybridized carbons (Fsp3) is 0.688. The molecule has 8 heteroatoms. The number of nitrogens with zero attached hydrogens (tertiary/aromatic N) is 2. The number of nitrogens with one attached hydrogen (secondary N) is 1. The Bertz CT molecular complexity index is 601. The molecule has 2 aliphatic rings. The molecule has 0 bridgehead atoms. The summed E-state index contributed by atoms with van der Waals surface area (Å²) in [5.41, 5.74) is 0.330. The van der Waals surface area contributed by atoms with Gasteiger partial charge in [-0.3, -0.25) is 9.48 Å². The maximum absolute atomic E-state index is 13.6. The molecular weight excluding hydrogens is 320 g/mol. The van der Waals surface area contributed by atoms with Gasteiger partial charge in [-0.2, -0.15) is 5.10 Å². The number of hydrogen-bond acceptors (Lipinski definition) is 4. The Morgan fingerprint density at radius 2 is 2.33 bits per heavy atom. The van der Waals surface area contributed by atoms with E-state index in [4.69, 9.17) is 4.74 Å². The number of aldehydes is 1. The molecule has 3 rings (SSSR count). The van der Waals surface area contributed by atoms with Crippen LogP contribution in [0, 0.1) is 11.8 Å². The molecule has 132 valence electrons. The predicted octanol–water partition coefficient (Wildman–Crippen LogP) is 1.65. The average Bonchev–Trinajstić information content (AvgIpc) is 2.95. The Morgan fingerprint density at radius 3 is 2.96 bits per heavy atom. The van der Waals surface area contributed by atoms with Crippen LogP contribution in [0.2, 0.25) is 0 Å². The maximum Gasteiger partial charge on any atom is 0.270 e. The summed E-state index contributed by atoms with van der Waals surface area (Å²) in [5, 5.41) is 6.71. The highest BCUT2D eigenvalue weighted by Crippen LogP contribution is 2.37. The number of hydrogen-bond donors (Lipinski definition) is 1. The summed E-state index contributed by atoms with van der Waals surface area (Å²) in [4.78, 5) is 23.8. The van der Waals surface area contributed by atoms with Gasteiger partial charge in [0.2, 0.25) is 5.92 Å². The SMILES string of the molecule is O=CC(NC(=O)c1ccnn1CC1COC1)C1CCCC(F)(F)C1. The lowest BCUT2D eigenvalue weighted by molar-refractivity contribution is -0.113. The van der Waals surface area contributed by atoms with Crippen molar-refractivity contribution in [3.63, 3.8) is 0 Å². The lowest BCUT2D eigenvalue weighted by Gasteiger charge is -2.32. The zero-order valence-electron chi connectivity index (χ0n) is 13.3. The van der Waals surface area contributed by atoms with Crippen LogP contribution in [-0.4, -0.2) is 47.2 Å². The third kappa shape index (κ3) is 3.80. The van der Waals surface area contributed by atoms with Gasteiger partial charge in [-0.1, -0.05) is 0 Å². The van der Waals surface area contributed by atoms with E-state index in [1.54, 1.807) is 10.7 Å². The van der Waals surface area contributed by atoms with Crippen molar-refractivity contribution < 1.29 is 23.1 Å². The highest BCUT2D eigenvalue weighted by Gasteiger charge is 2.40. The summed E-state index contributed by atoms with van der Waals surface area (Å²) in [7, 11) is 0. The number of carbonyl (C=O) groups is 2. The predicted molar refractivity (Wildman–Crippen MR) is 80.8 cm³/mol. The molecule has 1 saturated carbocycles. The normalized spacial score (nSPS) is 24.8. The molecule has 0 spiro atoms. The number of amides is 1. The van der Waals surface area contributed by atoms with Gasteiger partial charge in [0.05, 0.1) is 19.3 Å².